The van der Waals surface area contributed by atoms with E-state index in [-0.39, 0.29) is 17.9 Å². The van der Waals surface area contributed by atoms with Crippen LogP contribution in [-0.4, -0.2) is 84.0 Å². The highest BCUT2D eigenvalue weighted by Gasteiger charge is 2.34. The van der Waals surface area contributed by atoms with Crippen LogP contribution in [0, 0.1) is 0 Å². The molecule has 8 heteroatoms. The van der Waals surface area contributed by atoms with Gasteiger partial charge < -0.3 is 19.0 Å². The lowest BCUT2D eigenvalue weighted by molar-refractivity contribution is -0.140. The monoisotopic (exact) mass is 384 g/mol. The molecule has 0 N–H and O–H groups in total. The molecular formula is C20H24N4O4. The highest BCUT2D eigenvalue weighted by molar-refractivity contribution is 5.91. The first kappa shape index (κ1) is 18.6. The fourth-order valence-electron chi connectivity index (χ4n) is 3.74. The van der Waals surface area contributed by atoms with Crippen molar-refractivity contribution in [1.29, 1.82) is 0 Å². The Morgan fingerprint density at radius 2 is 1.71 bits per heavy atom. The second-order valence-corrected chi connectivity index (χ2v) is 6.93. The van der Waals surface area contributed by atoms with Crippen molar-refractivity contribution in [2.75, 3.05) is 52.5 Å². The number of pyridine rings is 1. The van der Waals surface area contributed by atoms with Crippen molar-refractivity contribution in [3.63, 3.8) is 0 Å². The van der Waals surface area contributed by atoms with Gasteiger partial charge in [-0.15, -0.1) is 0 Å². The summed E-state index contributed by atoms with van der Waals surface area (Å²) in [7, 11) is 0. The molecule has 1 unspecified atom stereocenters. The molecule has 0 bridgehead atoms. The van der Waals surface area contributed by atoms with Gasteiger partial charge in [0, 0.05) is 51.7 Å². The quantitative estimate of drug-likeness (QED) is 0.784. The van der Waals surface area contributed by atoms with E-state index in [4.69, 9.17) is 9.15 Å². The Kier molecular flexibility index (Phi) is 5.68. The van der Waals surface area contributed by atoms with Crippen LogP contribution in [0.2, 0.25) is 0 Å². The highest BCUT2D eigenvalue weighted by atomic mass is 16.5. The average Bonchev–Trinajstić information content (AvgIpc) is 3.30. The van der Waals surface area contributed by atoms with Crippen LogP contribution in [0.3, 0.4) is 0 Å². The minimum Gasteiger partial charge on any atom is -0.459 e. The van der Waals surface area contributed by atoms with E-state index >= 15 is 0 Å². The predicted octanol–water partition coefficient (Wildman–Crippen LogP) is 1.03. The first-order chi connectivity index (χ1) is 13.7. The summed E-state index contributed by atoms with van der Waals surface area (Å²) in [4.78, 5) is 35.8. The molecule has 8 nitrogen and oxygen atoms in total. The van der Waals surface area contributed by atoms with Crippen LogP contribution in [0.1, 0.15) is 22.2 Å². The lowest BCUT2D eigenvalue weighted by Gasteiger charge is -2.40. The third-order valence-electron chi connectivity index (χ3n) is 5.26. The van der Waals surface area contributed by atoms with Crippen LogP contribution in [0.5, 0.6) is 0 Å². The number of nitrogens with zero attached hydrogens (tertiary/aromatic N) is 4. The minimum absolute atomic E-state index is 0.0556. The number of morpholine rings is 1. The number of carbonyl (C=O) groups is 2. The Morgan fingerprint density at radius 1 is 0.964 bits per heavy atom. The normalized spacial score (nSPS) is 19.4. The Hall–Kier alpha value is -2.71. The standard InChI is InChI=1S/C20H24N4O4/c25-19(17-4-2-12-28-17)23-6-8-24(9-7-23)20(26)18(16-3-1-5-21-15-16)22-10-13-27-14-11-22/h1-5,12,15,18H,6-11,13-14H2. The zero-order valence-corrected chi connectivity index (χ0v) is 15.7. The second kappa shape index (κ2) is 8.53. The first-order valence-corrected chi connectivity index (χ1v) is 9.57. The third-order valence-corrected chi connectivity index (χ3v) is 5.26. The van der Waals surface area contributed by atoms with Gasteiger partial charge in [0.15, 0.2) is 5.76 Å². The molecule has 2 aromatic heterocycles. The largest absolute Gasteiger partial charge is 0.459 e. The van der Waals surface area contributed by atoms with Crippen molar-refractivity contribution in [1.82, 2.24) is 19.7 Å². The van der Waals surface area contributed by atoms with E-state index < -0.39 is 0 Å². The van der Waals surface area contributed by atoms with Gasteiger partial charge in [-0.2, -0.15) is 0 Å². The Balaban J connectivity index is 1.45. The lowest BCUT2D eigenvalue weighted by atomic mass is 10.0. The molecule has 148 valence electrons. The number of hydrogen-bond acceptors (Lipinski definition) is 6. The maximum atomic E-state index is 13.4. The number of rotatable bonds is 4. The molecule has 4 heterocycles. The smallest absolute Gasteiger partial charge is 0.289 e. The van der Waals surface area contributed by atoms with Gasteiger partial charge in [-0.3, -0.25) is 19.5 Å². The summed E-state index contributed by atoms with van der Waals surface area (Å²) in [6, 6.07) is 6.80. The molecular weight excluding hydrogens is 360 g/mol. The van der Waals surface area contributed by atoms with Gasteiger partial charge in [-0.1, -0.05) is 6.07 Å². The minimum atomic E-state index is -0.370. The number of furan rings is 1. The average molecular weight is 384 g/mol. The molecule has 0 spiro atoms. The molecule has 28 heavy (non-hydrogen) atoms. The van der Waals surface area contributed by atoms with Crippen LogP contribution in [0.15, 0.2) is 47.3 Å². The van der Waals surface area contributed by atoms with Gasteiger partial charge in [0.25, 0.3) is 5.91 Å². The van der Waals surface area contributed by atoms with Gasteiger partial charge in [0.1, 0.15) is 6.04 Å². The zero-order chi connectivity index (χ0) is 19.3. The molecule has 2 aromatic rings. The SMILES string of the molecule is O=C(c1ccco1)N1CCN(C(=O)C(c2cccnc2)N2CCOCC2)CC1. The third kappa shape index (κ3) is 3.93. The molecule has 4 rings (SSSR count). The molecule has 2 fully saturated rings. The summed E-state index contributed by atoms with van der Waals surface area (Å²) >= 11 is 0. The summed E-state index contributed by atoms with van der Waals surface area (Å²) in [6.45, 7) is 4.66. The van der Waals surface area contributed by atoms with E-state index in [1.54, 1.807) is 29.4 Å². The van der Waals surface area contributed by atoms with Crippen LogP contribution < -0.4 is 0 Å². The van der Waals surface area contributed by atoms with Crippen LogP contribution in [-0.2, 0) is 9.53 Å². The van der Waals surface area contributed by atoms with Gasteiger partial charge in [0.2, 0.25) is 5.91 Å². The maximum absolute atomic E-state index is 13.4. The fourth-order valence-corrected chi connectivity index (χ4v) is 3.74. The van der Waals surface area contributed by atoms with E-state index in [2.05, 4.69) is 9.88 Å². The molecule has 2 amide bonds. The predicted molar refractivity (Wildman–Crippen MR) is 101 cm³/mol. The molecule has 0 aromatic carbocycles. The van der Waals surface area contributed by atoms with Gasteiger partial charge in [-0.05, 0) is 23.8 Å². The lowest BCUT2D eigenvalue weighted by Crippen LogP contribution is -2.54. The first-order valence-electron chi connectivity index (χ1n) is 9.57. The number of ether oxygens (including phenoxy) is 1. The fraction of sp³-hybridized carbons (Fsp3) is 0.450. The number of carbonyl (C=O) groups excluding carboxylic acids is 2. The Labute approximate surface area is 163 Å². The molecule has 1 atom stereocenters. The zero-order valence-electron chi connectivity index (χ0n) is 15.7. The van der Waals surface area contributed by atoms with Gasteiger partial charge in [0.05, 0.1) is 19.5 Å². The number of aromatic nitrogens is 1. The Bertz CT molecular complexity index is 782. The van der Waals surface area contributed by atoms with Crippen molar-refractivity contribution in [3.05, 3.63) is 54.2 Å². The van der Waals surface area contributed by atoms with E-state index in [1.807, 2.05) is 17.0 Å². The molecule has 2 saturated heterocycles. The summed E-state index contributed by atoms with van der Waals surface area (Å²) in [5, 5.41) is 0. The van der Waals surface area contributed by atoms with Crippen molar-refractivity contribution in [3.8, 4) is 0 Å². The molecule has 2 aliphatic rings. The number of piperazine rings is 1. The van der Waals surface area contributed by atoms with Crippen molar-refractivity contribution >= 4 is 11.8 Å². The van der Waals surface area contributed by atoms with E-state index in [0.717, 1.165) is 5.56 Å². The maximum Gasteiger partial charge on any atom is 0.289 e. The topological polar surface area (TPSA) is 79.1 Å². The van der Waals surface area contributed by atoms with Gasteiger partial charge >= 0.3 is 0 Å². The van der Waals surface area contributed by atoms with Gasteiger partial charge in [-0.25, -0.2) is 0 Å². The number of hydrogen-bond donors (Lipinski definition) is 0. The van der Waals surface area contributed by atoms with Crippen LogP contribution in [0.4, 0.5) is 0 Å². The summed E-state index contributed by atoms with van der Waals surface area (Å²) in [5.41, 5.74) is 0.892. The van der Waals surface area contributed by atoms with Crippen molar-refractivity contribution in [2.24, 2.45) is 0 Å². The Morgan fingerprint density at radius 3 is 2.36 bits per heavy atom. The van der Waals surface area contributed by atoms with Crippen LogP contribution >= 0.6 is 0 Å². The highest BCUT2D eigenvalue weighted by Crippen LogP contribution is 2.24. The molecule has 0 radical (unpaired) electrons. The van der Waals surface area contributed by atoms with E-state index in [0.29, 0.717) is 58.2 Å². The molecule has 0 aliphatic carbocycles. The second-order valence-electron chi connectivity index (χ2n) is 6.93. The summed E-state index contributed by atoms with van der Waals surface area (Å²) in [5.74, 6) is 0.260. The van der Waals surface area contributed by atoms with Crippen LogP contribution in [0.25, 0.3) is 0 Å². The molecule has 2 aliphatic heterocycles. The number of amides is 2. The summed E-state index contributed by atoms with van der Waals surface area (Å²) < 4.78 is 10.7. The van der Waals surface area contributed by atoms with Crippen molar-refractivity contribution < 1.29 is 18.7 Å². The van der Waals surface area contributed by atoms with Crippen molar-refractivity contribution in [2.45, 2.75) is 6.04 Å². The summed E-state index contributed by atoms with van der Waals surface area (Å²) in [6.07, 6.45) is 4.96. The van der Waals surface area contributed by atoms with E-state index in [9.17, 15) is 9.59 Å². The molecule has 0 saturated carbocycles. The van der Waals surface area contributed by atoms with E-state index in [1.165, 1.54) is 6.26 Å².